The van der Waals surface area contributed by atoms with Crippen LogP contribution < -0.4 is 10.1 Å². The van der Waals surface area contributed by atoms with E-state index in [4.69, 9.17) is 4.74 Å². The first-order valence-corrected chi connectivity index (χ1v) is 6.45. The second-order valence-electron chi connectivity index (χ2n) is 4.02. The van der Waals surface area contributed by atoms with Gasteiger partial charge >= 0.3 is 6.18 Å². The molecule has 0 aromatic heterocycles. The number of hydrogen-bond acceptors (Lipinski definition) is 3. The van der Waals surface area contributed by atoms with Crippen molar-refractivity contribution in [3.05, 3.63) is 22.2 Å². The lowest BCUT2D eigenvalue weighted by Crippen LogP contribution is -2.17. The van der Waals surface area contributed by atoms with Crippen molar-refractivity contribution in [2.24, 2.45) is 0 Å². The van der Waals surface area contributed by atoms with E-state index >= 15 is 0 Å². The molecule has 0 saturated carbocycles. The molecule has 0 fully saturated rings. The van der Waals surface area contributed by atoms with Gasteiger partial charge < -0.3 is 15.2 Å². The Hall–Kier alpha value is -0.950. The summed E-state index contributed by atoms with van der Waals surface area (Å²) in [5, 5.41) is 12.5. The van der Waals surface area contributed by atoms with Gasteiger partial charge in [-0.05, 0) is 46.6 Å². The normalized spacial score (nSPS) is 11.6. The summed E-state index contributed by atoms with van der Waals surface area (Å²) in [6, 6.07) is 3.32. The van der Waals surface area contributed by atoms with Gasteiger partial charge in [0.05, 0.1) is 11.6 Å². The first-order chi connectivity index (χ1) is 8.83. The molecule has 0 spiro atoms. The monoisotopic (exact) mass is 341 g/mol. The third-order valence-electron chi connectivity index (χ3n) is 2.45. The maximum atomic E-state index is 11.9. The van der Waals surface area contributed by atoms with Crippen LogP contribution >= 0.6 is 15.9 Å². The van der Waals surface area contributed by atoms with Crippen LogP contribution in [0.1, 0.15) is 18.4 Å². The number of phenolic OH excluding ortho intramolecular Hbond substituents is 1. The van der Waals surface area contributed by atoms with Crippen LogP contribution in [0, 0.1) is 0 Å². The number of benzene rings is 1. The van der Waals surface area contributed by atoms with Gasteiger partial charge in [-0.3, -0.25) is 0 Å². The number of hydrogen-bond donors (Lipinski definition) is 2. The van der Waals surface area contributed by atoms with Gasteiger partial charge in [-0.25, -0.2) is 0 Å². The number of halogens is 4. The highest BCUT2D eigenvalue weighted by molar-refractivity contribution is 9.10. The van der Waals surface area contributed by atoms with Gasteiger partial charge in [0.15, 0.2) is 11.5 Å². The zero-order chi connectivity index (χ0) is 14.5. The van der Waals surface area contributed by atoms with Gasteiger partial charge in [-0.2, -0.15) is 13.2 Å². The van der Waals surface area contributed by atoms with Crippen molar-refractivity contribution in [1.29, 1.82) is 0 Å². The Morgan fingerprint density at radius 3 is 2.63 bits per heavy atom. The number of nitrogens with one attached hydrogen (secondary N) is 1. The Morgan fingerprint density at radius 1 is 1.37 bits per heavy atom. The van der Waals surface area contributed by atoms with Gasteiger partial charge in [-0.1, -0.05) is 0 Å². The van der Waals surface area contributed by atoms with Crippen molar-refractivity contribution in [3.63, 3.8) is 0 Å². The van der Waals surface area contributed by atoms with E-state index in [9.17, 15) is 18.3 Å². The smallest absolute Gasteiger partial charge is 0.389 e. The zero-order valence-corrected chi connectivity index (χ0v) is 11.9. The van der Waals surface area contributed by atoms with E-state index in [0.717, 1.165) is 5.56 Å². The molecule has 19 heavy (non-hydrogen) atoms. The molecular weight excluding hydrogens is 327 g/mol. The molecule has 0 bridgehead atoms. The van der Waals surface area contributed by atoms with Crippen molar-refractivity contribution in [2.45, 2.75) is 25.6 Å². The predicted molar refractivity (Wildman–Crippen MR) is 69.4 cm³/mol. The van der Waals surface area contributed by atoms with E-state index in [1.807, 2.05) is 0 Å². The average Bonchev–Trinajstić information content (AvgIpc) is 2.31. The van der Waals surface area contributed by atoms with Crippen LogP contribution in [-0.4, -0.2) is 24.9 Å². The first-order valence-electron chi connectivity index (χ1n) is 5.66. The lowest BCUT2D eigenvalue weighted by atomic mass is 10.2. The minimum atomic E-state index is -4.10. The molecule has 0 aliphatic heterocycles. The van der Waals surface area contributed by atoms with Crippen molar-refractivity contribution < 1.29 is 23.0 Å². The van der Waals surface area contributed by atoms with E-state index in [1.165, 1.54) is 7.11 Å². The molecule has 0 aliphatic rings. The van der Waals surface area contributed by atoms with Crippen LogP contribution in [0.3, 0.4) is 0 Å². The number of methoxy groups -OCH3 is 1. The highest BCUT2D eigenvalue weighted by Gasteiger charge is 2.25. The lowest BCUT2D eigenvalue weighted by Gasteiger charge is -2.10. The molecule has 0 atom stereocenters. The van der Waals surface area contributed by atoms with E-state index in [1.54, 1.807) is 12.1 Å². The Bertz CT molecular complexity index is 424. The topological polar surface area (TPSA) is 41.5 Å². The third-order valence-corrected chi connectivity index (χ3v) is 3.06. The highest BCUT2D eigenvalue weighted by Crippen LogP contribution is 2.35. The van der Waals surface area contributed by atoms with E-state index in [-0.39, 0.29) is 18.7 Å². The molecule has 1 aromatic rings. The average molecular weight is 342 g/mol. The van der Waals surface area contributed by atoms with Gasteiger partial charge in [0.25, 0.3) is 0 Å². The first kappa shape index (κ1) is 16.1. The third kappa shape index (κ3) is 5.69. The van der Waals surface area contributed by atoms with Gasteiger partial charge in [-0.15, -0.1) is 0 Å². The lowest BCUT2D eigenvalue weighted by molar-refractivity contribution is -0.135. The molecule has 0 radical (unpaired) electrons. The summed E-state index contributed by atoms with van der Waals surface area (Å²) in [5.74, 6) is 0.324. The van der Waals surface area contributed by atoms with Crippen LogP contribution in [0.25, 0.3) is 0 Å². The quantitative estimate of drug-likeness (QED) is 0.777. The SMILES string of the molecule is COc1cc(CNCCCC(F)(F)F)cc(Br)c1O. The van der Waals surface area contributed by atoms with Crippen molar-refractivity contribution >= 4 is 15.9 Å². The summed E-state index contributed by atoms with van der Waals surface area (Å²) < 4.78 is 41.2. The Morgan fingerprint density at radius 2 is 2.05 bits per heavy atom. The maximum absolute atomic E-state index is 11.9. The number of alkyl halides is 3. The molecule has 3 nitrogen and oxygen atoms in total. The largest absolute Gasteiger partial charge is 0.503 e. The van der Waals surface area contributed by atoms with Gasteiger partial charge in [0, 0.05) is 13.0 Å². The zero-order valence-electron chi connectivity index (χ0n) is 10.4. The molecular formula is C12H15BrF3NO2. The van der Waals surface area contributed by atoms with E-state index in [0.29, 0.717) is 16.8 Å². The van der Waals surface area contributed by atoms with Crippen LogP contribution in [-0.2, 0) is 6.54 Å². The van der Waals surface area contributed by atoms with Crippen LogP contribution in [0.15, 0.2) is 16.6 Å². The summed E-state index contributed by atoms with van der Waals surface area (Å²) in [4.78, 5) is 0. The summed E-state index contributed by atoms with van der Waals surface area (Å²) in [7, 11) is 1.43. The van der Waals surface area contributed by atoms with Crippen molar-refractivity contribution in [1.82, 2.24) is 5.32 Å². The molecule has 108 valence electrons. The second-order valence-corrected chi connectivity index (χ2v) is 4.88. The number of ether oxygens (including phenoxy) is 1. The summed E-state index contributed by atoms with van der Waals surface area (Å²) in [6.07, 6.45) is -4.85. The Labute approximate surface area is 117 Å². The van der Waals surface area contributed by atoms with E-state index in [2.05, 4.69) is 21.2 Å². The molecule has 0 amide bonds. The molecule has 0 heterocycles. The maximum Gasteiger partial charge on any atom is 0.389 e. The van der Waals surface area contributed by atoms with Crippen molar-refractivity contribution in [2.75, 3.05) is 13.7 Å². The fourth-order valence-electron chi connectivity index (χ4n) is 1.53. The minimum Gasteiger partial charge on any atom is -0.503 e. The number of rotatable bonds is 6. The number of aromatic hydroxyl groups is 1. The molecule has 2 N–H and O–H groups in total. The highest BCUT2D eigenvalue weighted by atomic mass is 79.9. The van der Waals surface area contributed by atoms with Crippen molar-refractivity contribution in [3.8, 4) is 11.5 Å². The molecule has 0 unspecified atom stereocenters. The van der Waals surface area contributed by atoms with Gasteiger partial charge in [0.1, 0.15) is 0 Å². The second kappa shape index (κ2) is 7.00. The fourth-order valence-corrected chi connectivity index (χ4v) is 2.02. The predicted octanol–water partition coefficient (Wildman–Crippen LogP) is 3.60. The molecule has 7 heteroatoms. The van der Waals surface area contributed by atoms with E-state index < -0.39 is 12.6 Å². The summed E-state index contributed by atoms with van der Waals surface area (Å²) in [5.41, 5.74) is 0.813. The van der Waals surface area contributed by atoms with Crippen LogP contribution in [0.4, 0.5) is 13.2 Å². The van der Waals surface area contributed by atoms with Gasteiger partial charge in [0.2, 0.25) is 0 Å². The van der Waals surface area contributed by atoms with Crippen LogP contribution in [0.5, 0.6) is 11.5 Å². The molecule has 1 aromatic carbocycles. The van der Waals surface area contributed by atoms with Crippen LogP contribution in [0.2, 0.25) is 0 Å². The molecule has 0 aliphatic carbocycles. The number of phenols is 1. The fraction of sp³-hybridized carbons (Fsp3) is 0.500. The molecule has 0 saturated heterocycles. The minimum absolute atomic E-state index is 0.00308. The Kier molecular flexibility index (Phi) is 5.93. The summed E-state index contributed by atoms with van der Waals surface area (Å²) in [6.45, 7) is 0.688. The standard InChI is InChI=1S/C12H15BrF3NO2/c1-19-10-6-8(5-9(13)11(10)18)7-17-4-2-3-12(14,15)16/h5-6,17-18H,2-4,7H2,1H3. The summed E-state index contributed by atoms with van der Waals surface area (Å²) >= 11 is 3.18. The Balaban J connectivity index is 2.44. The molecule has 1 rings (SSSR count).